The van der Waals surface area contributed by atoms with Gasteiger partial charge in [0.15, 0.2) is 6.29 Å². The van der Waals surface area contributed by atoms with E-state index in [2.05, 4.69) is 4.98 Å². The maximum atomic E-state index is 10.3. The zero-order valence-electron chi connectivity index (χ0n) is 5.47. The third-order valence-corrected chi connectivity index (χ3v) is 1.70. The van der Waals surface area contributed by atoms with E-state index in [1.165, 1.54) is 6.20 Å². The molecule has 0 atom stereocenters. The molecule has 0 aromatic carbocycles. The number of hydrogen-bond acceptors (Lipinski definition) is 2. The largest absolute Gasteiger partial charge is 0.296 e. The van der Waals surface area contributed by atoms with Gasteiger partial charge in [-0.25, -0.2) is 0 Å². The number of rotatable bonds is 1. The molecule has 1 rings (SSSR count). The lowest BCUT2D eigenvalue weighted by Crippen LogP contribution is -1.90. The fraction of sp³-hybridized carbons (Fsp3) is 0.143. The van der Waals surface area contributed by atoms with Crippen LogP contribution in [0.3, 0.4) is 0 Å². The minimum absolute atomic E-state index is 0.410. The lowest BCUT2D eigenvalue weighted by molar-refractivity contribution is 0.111. The van der Waals surface area contributed by atoms with E-state index in [4.69, 9.17) is 11.6 Å². The zero-order valence-corrected chi connectivity index (χ0v) is 6.22. The van der Waals surface area contributed by atoms with Gasteiger partial charge in [-0.2, -0.15) is 0 Å². The first-order valence-electron chi connectivity index (χ1n) is 2.82. The van der Waals surface area contributed by atoms with E-state index in [1.807, 2.05) is 0 Å². The highest BCUT2D eigenvalue weighted by atomic mass is 35.5. The minimum atomic E-state index is 0.410. The van der Waals surface area contributed by atoms with E-state index in [1.54, 1.807) is 13.0 Å². The molecule has 1 aromatic rings. The summed E-state index contributed by atoms with van der Waals surface area (Å²) in [5.41, 5.74) is 1.15. The molecule has 0 aliphatic heterocycles. The van der Waals surface area contributed by atoms with Gasteiger partial charge in [-0.3, -0.25) is 9.78 Å². The third kappa shape index (κ3) is 1.16. The Labute approximate surface area is 63.8 Å². The molecule has 0 aliphatic carbocycles. The van der Waals surface area contributed by atoms with Crippen LogP contribution >= 0.6 is 11.6 Å². The Balaban J connectivity index is 3.27. The second kappa shape index (κ2) is 2.80. The molecule has 2 nitrogen and oxygen atoms in total. The highest BCUT2D eigenvalue weighted by molar-refractivity contribution is 6.31. The molecule has 0 saturated heterocycles. The summed E-state index contributed by atoms with van der Waals surface area (Å²) in [4.78, 5) is 14.1. The molecule has 0 radical (unpaired) electrons. The average molecular weight is 156 g/mol. The average Bonchev–Trinajstić information content (AvgIpc) is 1.95. The van der Waals surface area contributed by atoms with E-state index in [0.717, 1.165) is 5.56 Å². The maximum Gasteiger partial charge on any atom is 0.168 e. The molecule has 0 bridgehead atoms. The van der Waals surface area contributed by atoms with Crippen molar-refractivity contribution in [2.45, 2.75) is 6.92 Å². The molecule has 0 unspecified atom stereocenters. The van der Waals surface area contributed by atoms with E-state index < -0.39 is 0 Å². The summed E-state index contributed by atoms with van der Waals surface area (Å²) in [5.74, 6) is 0. The number of halogens is 1. The van der Waals surface area contributed by atoms with Gasteiger partial charge in [-0.05, 0) is 18.6 Å². The number of nitrogens with zero attached hydrogens (tertiary/aromatic N) is 1. The monoisotopic (exact) mass is 155 g/mol. The maximum absolute atomic E-state index is 10.3. The van der Waals surface area contributed by atoms with Gasteiger partial charge in [0.2, 0.25) is 0 Å². The van der Waals surface area contributed by atoms with E-state index in [9.17, 15) is 4.79 Å². The van der Waals surface area contributed by atoms with Crippen molar-refractivity contribution in [1.82, 2.24) is 4.98 Å². The van der Waals surface area contributed by atoms with Crippen LogP contribution in [0.25, 0.3) is 0 Å². The molecule has 1 aromatic heterocycles. The second-order valence-electron chi connectivity index (χ2n) is 1.92. The molecule has 0 N–H and O–H groups in total. The Hall–Kier alpha value is -0.890. The molecule has 52 valence electrons. The van der Waals surface area contributed by atoms with Gasteiger partial charge < -0.3 is 0 Å². The van der Waals surface area contributed by atoms with Crippen LogP contribution in [0.4, 0.5) is 0 Å². The summed E-state index contributed by atoms with van der Waals surface area (Å²) >= 11 is 5.69. The molecule has 3 heteroatoms. The van der Waals surface area contributed by atoms with Crippen LogP contribution in [0.1, 0.15) is 16.1 Å². The first-order chi connectivity index (χ1) is 4.75. The fourth-order valence-electron chi connectivity index (χ4n) is 0.646. The third-order valence-electron chi connectivity index (χ3n) is 1.29. The van der Waals surface area contributed by atoms with Crippen LogP contribution < -0.4 is 0 Å². The summed E-state index contributed by atoms with van der Waals surface area (Å²) in [7, 11) is 0. The Morgan fingerprint density at radius 1 is 1.70 bits per heavy atom. The lowest BCUT2D eigenvalue weighted by Gasteiger charge is -1.96. The van der Waals surface area contributed by atoms with Gasteiger partial charge in [0.1, 0.15) is 5.69 Å². The van der Waals surface area contributed by atoms with Gasteiger partial charge in [-0.1, -0.05) is 11.6 Å². The molecule has 0 saturated carbocycles. The van der Waals surface area contributed by atoms with Crippen LogP contribution in [0, 0.1) is 6.92 Å². The number of aldehydes is 1. The van der Waals surface area contributed by atoms with Crippen molar-refractivity contribution in [3.63, 3.8) is 0 Å². The Morgan fingerprint density at radius 2 is 2.40 bits per heavy atom. The number of carbonyl (C=O) groups is 1. The van der Waals surface area contributed by atoms with Crippen LogP contribution in [-0.4, -0.2) is 11.3 Å². The second-order valence-corrected chi connectivity index (χ2v) is 2.33. The summed E-state index contributed by atoms with van der Waals surface area (Å²) in [6.07, 6.45) is 2.21. The molecular formula is C7H6ClNO. The predicted octanol–water partition coefficient (Wildman–Crippen LogP) is 1.86. The highest BCUT2D eigenvalue weighted by Gasteiger charge is 1.99. The smallest absolute Gasteiger partial charge is 0.168 e. The van der Waals surface area contributed by atoms with Crippen LogP contribution in [0.2, 0.25) is 5.02 Å². The zero-order chi connectivity index (χ0) is 7.56. The van der Waals surface area contributed by atoms with E-state index >= 15 is 0 Å². The number of aromatic nitrogens is 1. The number of hydrogen-bond donors (Lipinski definition) is 0. The standard InChI is InChI=1S/C7H6ClNO/c1-5-6(8)2-3-9-7(5)4-10/h2-4H,1H3. The molecule has 0 amide bonds. The van der Waals surface area contributed by atoms with Gasteiger partial charge in [0.25, 0.3) is 0 Å². The molecule has 1 heterocycles. The summed E-state index contributed by atoms with van der Waals surface area (Å²) in [5, 5.41) is 0.581. The Morgan fingerprint density at radius 3 is 2.90 bits per heavy atom. The predicted molar refractivity (Wildman–Crippen MR) is 39.4 cm³/mol. The SMILES string of the molecule is Cc1c(Cl)ccnc1C=O. The van der Waals surface area contributed by atoms with Crippen molar-refractivity contribution in [3.8, 4) is 0 Å². The van der Waals surface area contributed by atoms with Crippen molar-refractivity contribution in [2.75, 3.05) is 0 Å². The molecule has 0 aliphatic rings. The first-order valence-corrected chi connectivity index (χ1v) is 3.20. The first kappa shape index (κ1) is 7.22. The minimum Gasteiger partial charge on any atom is -0.296 e. The normalized spacial score (nSPS) is 9.40. The van der Waals surface area contributed by atoms with E-state index in [-0.39, 0.29) is 0 Å². The van der Waals surface area contributed by atoms with Crippen molar-refractivity contribution in [2.24, 2.45) is 0 Å². The molecule has 0 spiro atoms. The topological polar surface area (TPSA) is 30.0 Å². The van der Waals surface area contributed by atoms with E-state index in [0.29, 0.717) is 17.0 Å². The number of carbonyl (C=O) groups excluding carboxylic acids is 1. The molecule has 0 fully saturated rings. The molecule has 10 heavy (non-hydrogen) atoms. The van der Waals surface area contributed by atoms with Crippen LogP contribution in [-0.2, 0) is 0 Å². The number of pyridine rings is 1. The van der Waals surface area contributed by atoms with Crippen molar-refractivity contribution in [1.29, 1.82) is 0 Å². The van der Waals surface area contributed by atoms with Crippen molar-refractivity contribution < 1.29 is 4.79 Å². The summed E-state index contributed by atoms with van der Waals surface area (Å²) in [6.45, 7) is 1.76. The molecular weight excluding hydrogens is 150 g/mol. The van der Waals surface area contributed by atoms with Gasteiger partial charge in [0, 0.05) is 11.2 Å². The van der Waals surface area contributed by atoms with Gasteiger partial charge in [0.05, 0.1) is 0 Å². The Bertz CT molecular complexity index is 260. The van der Waals surface area contributed by atoms with Crippen LogP contribution in [0.5, 0.6) is 0 Å². The summed E-state index contributed by atoms with van der Waals surface area (Å²) < 4.78 is 0. The lowest BCUT2D eigenvalue weighted by atomic mass is 10.2. The van der Waals surface area contributed by atoms with Crippen LogP contribution in [0.15, 0.2) is 12.3 Å². The van der Waals surface area contributed by atoms with Crippen molar-refractivity contribution >= 4 is 17.9 Å². The van der Waals surface area contributed by atoms with Gasteiger partial charge in [-0.15, -0.1) is 0 Å². The fourth-order valence-corrected chi connectivity index (χ4v) is 0.799. The quantitative estimate of drug-likeness (QED) is 0.580. The van der Waals surface area contributed by atoms with Crippen molar-refractivity contribution in [3.05, 3.63) is 28.5 Å². The van der Waals surface area contributed by atoms with Gasteiger partial charge >= 0.3 is 0 Å². The highest BCUT2D eigenvalue weighted by Crippen LogP contribution is 2.14. The summed E-state index contributed by atoms with van der Waals surface area (Å²) in [6, 6.07) is 1.66. The Kier molecular flexibility index (Phi) is 2.02.